The van der Waals surface area contributed by atoms with Crippen LogP contribution in [-0.2, 0) is 44.4 Å². The molecule has 0 fully saturated rings. The first kappa shape index (κ1) is 38.2. The Morgan fingerprint density at radius 3 is 1.96 bits per heavy atom. The number of ether oxygens (including phenoxy) is 1. The Balaban J connectivity index is 1.75. The molecule has 22 heteroatoms. The molecule has 0 amide bonds. The molecule has 0 aliphatic carbocycles. The second-order valence-electron chi connectivity index (χ2n) is 10.3. The maximum atomic E-state index is 12.7. The summed E-state index contributed by atoms with van der Waals surface area (Å²) in [7, 11) is -16.2. The standard InChI is InChI=1S/C28H29N5O13S4/c1-3-13-47(35,36)19-7-5-18(6-8-19)30-33-27-24(49(39,40)41)15-17-4-10-21(26(29)25(17)28(27)34)31-32-22-16-20(9-11-23(22)45-2)48(37,38)14-12-46-50(42,43)44/h4-11,15-16,34H,3,12-14,29H2,1-2H3,(H,39,40,41)(H,42,43,44). The first-order valence-electron chi connectivity index (χ1n) is 14.0. The number of rotatable bonds is 14. The minimum absolute atomic E-state index is 0.0359. The van der Waals surface area contributed by atoms with Crippen LogP contribution in [0.2, 0.25) is 0 Å². The fraction of sp³-hybridized carbons (Fsp3) is 0.214. The van der Waals surface area contributed by atoms with Gasteiger partial charge < -0.3 is 15.6 Å². The lowest BCUT2D eigenvalue weighted by Gasteiger charge is -2.12. The van der Waals surface area contributed by atoms with Crippen LogP contribution in [0.1, 0.15) is 13.3 Å². The van der Waals surface area contributed by atoms with E-state index in [1.807, 2.05) is 0 Å². The van der Waals surface area contributed by atoms with E-state index in [1.54, 1.807) is 6.92 Å². The summed E-state index contributed by atoms with van der Waals surface area (Å²) < 4.78 is 124. The highest BCUT2D eigenvalue weighted by Crippen LogP contribution is 2.46. The van der Waals surface area contributed by atoms with Crippen LogP contribution in [0, 0.1) is 0 Å². The summed E-state index contributed by atoms with van der Waals surface area (Å²) in [6, 6.07) is 12.3. The number of aromatic hydroxyl groups is 1. The predicted octanol–water partition coefficient (Wildman–Crippen LogP) is 4.99. The molecule has 0 aliphatic rings. The highest BCUT2D eigenvalue weighted by atomic mass is 32.3. The van der Waals surface area contributed by atoms with Crippen LogP contribution < -0.4 is 10.5 Å². The number of nitrogen functional groups attached to an aromatic ring is 1. The average molecular weight is 772 g/mol. The molecule has 0 aromatic heterocycles. The van der Waals surface area contributed by atoms with Crippen molar-refractivity contribution >= 4 is 79.4 Å². The Kier molecular flexibility index (Phi) is 11.3. The summed E-state index contributed by atoms with van der Waals surface area (Å²) in [5.74, 6) is -1.63. The van der Waals surface area contributed by atoms with Gasteiger partial charge in [-0.1, -0.05) is 13.0 Å². The summed E-state index contributed by atoms with van der Waals surface area (Å²) in [4.78, 5) is -1.09. The van der Waals surface area contributed by atoms with E-state index in [0.29, 0.717) is 6.42 Å². The van der Waals surface area contributed by atoms with Gasteiger partial charge in [-0.05, 0) is 66.4 Å². The smallest absolute Gasteiger partial charge is 0.397 e. The molecular weight excluding hydrogens is 743 g/mol. The van der Waals surface area contributed by atoms with Gasteiger partial charge in [0.05, 0.1) is 51.8 Å². The Morgan fingerprint density at radius 1 is 0.740 bits per heavy atom. The Hall–Kier alpha value is -4.58. The van der Waals surface area contributed by atoms with Gasteiger partial charge in [0.2, 0.25) is 0 Å². The molecule has 50 heavy (non-hydrogen) atoms. The fourth-order valence-corrected chi connectivity index (χ4v) is 7.95. The van der Waals surface area contributed by atoms with Gasteiger partial charge in [0, 0.05) is 0 Å². The first-order valence-corrected chi connectivity index (χ1v) is 20.1. The van der Waals surface area contributed by atoms with Crippen LogP contribution in [0.5, 0.6) is 11.5 Å². The summed E-state index contributed by atoms with van der Waals surface area (Å²) in [5, 5.41) is 26.8. The Bertz CT molecular complexity index is 2450. The number of anilines is 1. The van der Waals surface area contributed by atoms with Gasteiger partial charge in [-0.15, -0.1) is 15.3 Å². The molecule has 0 heterocycles. The fourth-order valence-electron chi connectivity index (χ4n) is 4.47. The lowest BCUT2D eigenvalue weighted by Crippen LogP contribution is -2.15. The number of hydrogen-bond acceptors (Lipinski definition) is 16. The molecule has 0 atom stereocenters. The highest BCUT2D eigenvalue weighted by molar-refractivity contribution is 7.91. The number of azo groups is 2. The summed E-state index contributed by atoms with van der Waals surface area (Å²) in [6.07, 6.45) is 0.404. The van der Waals surface area contributed by atoms with E-state index in [1.165, 1.54) is 49.6 Å². The lowest BCUT2D eigenvalue weighted by molar-refractivity contribution is 0.284. The molecule has 0 radical (unpaired) electrons. The summed E-state index contributed by atoms with van der Waals surface area (Å²) in [5.41, 5.74) is 5.25. The summed E-state index contributed by atoms with van der Waals surface area (Å²) >= 11 is 0. The van der Waals surface area contributed by atoms with Crippen molar-refractivity contribution in [3.05, 3.63) is 60.7 Å². The van der Waals surface area contributed by atoms with Crippen molar-refractivity contribution in [3.8, 4) is 11.5 Å². The lowest BCUT2D eigenvalue weighted by atomic mass is 10.1. The molecule has 0 bridgehead atoms. The number of nitrogens with two attached hydrogens (primary N) is 1. The third kappa shape index (κ3) is 8.95. The molecule has 5 N–H and O–H groups in total. The monoisotopic (exact) mass is 771 g/mol. The zero-order valence-electron chi connectivity index (χ0n) is 26.0. The van der Waals surface area contributed by atoms with Crippen molar-refractivity contribution in [3.63, 3.8) is 0 Å². The number of phenols is 1. The highest BCUT2D eigenvalue weighted by Gasteiger charge is 2.24. The maximum absolute atomic E-state index is 12.7. The number of nitrogens with zero attached hydrogens (tertiary/aromatic N) is 4. The van der Waals surface area contributed by atoms with E-state index >= 15 is 0 Å². The predicted molar refractivity (Wildman–Crippen MR) is 180 cm³/mol. The number of benzene rings is 4. The van der Waals surface area contributed by atoms with Crippen molar-refractivity contribution < 1.29 is 56.8 Å². The van der Waals surface area contributed by atoms with Crippen LogP contribution in [0.4, 0.5) is 28.4 Å². The SMILES string of the molecule is CCCS(=O)(=O)c1ccc(N=Nc2c(S(=O)(=O)O)cc3ccc(N=Nc4cc(S(=O)(=O)CCOS(=O)(=O)O)ccc4OC)c(N)c3c2O)cc1. The van der Waals surface area contributed by atoms with E-state index in [2.05, 4.69) is 24.6 Å². The molecule has 0 saturated heterocycles. The van der Waals surface area contributed by atoms with Gasteiger partial charge in [0.15, 0.2) is 25.4 Å². The number of fused-ring (bicyclic) bond motifs is 1. The zero-order valence-corrected chi connectivity index (χ0v) is 29.3. The largest absolute Gasteiger partial charge is 0.505 e. The Labute approximate surface area is 286 Å². The van der Waals surface area contributed by atoms with Crippen LogP contribution in [-0.4, -0.2) is 73.1 Å². The van der Waals surface area contributed by atoms with Gasteiger partial charge in [0.1, 0.15) is 27.7 Å². The first-order chi connectivity index (χ1) is 23.3. The molecule has 268 valence electrons. The second-order valence-corrected chi connectivity index (χ2v) is 17.0. The van der Waals surface area contributed by atoms with Crippen molar-refractivity contribution in [1.29, 1.82) is 0 Å². The van der Waals surface area contributed by atoms with Gasteiger partial charge in [-0.25, -0.2) is 21.0 Å². The summed E-state index contributed by atoms with van der Waals surface area (Å²) in [6.45, 7) is 0.852. The quantitative estimate of drug-likeness (QED) is 0.0746. The van der Waals surface area contributed by atoms with Gasteiger partial charge in [-0.2, -0.15) is 21.9 Å². The molecule has 0 spiro atoms. The van der Waals surface area contributed by atoms with Gasteiger partial charge >= 0.3 is 10.4 Å². The number of hydrogen-bond donors (Lipinski definition) is 4. The van der Waals surface area contributed by atoms with E-state index < -0.39 is 68.9 Å². The minimum Gasteiger partial charge on any atom is -0.505 e. The van der Waals surface area contributed by atoms with Gasteiger partial charge in [-0.3, -0.25) is 9.11 Å². The number of phenolic OH excluding ortho intramolecular Hbond substituents is 1. The van der Waals surface area contributed by atoms with Crippen molar-refractivity contribution in [1.82, 2.24) is 0 Å². The normalized spacial score (nSPS) is 13.0. The topological polar surface area (TPSA) is 291 Å². The molecule has 4 aromatic carbocycles. The third-order valence-corrected chi connectivity index (χ3v) is 11.8. The van der Waals surface area contributed by atoms with Crippen molar-refractivity contribution in [2.75, 3.05) is 31.0 Å². The van der Waals surface area contributed by atoms with Crippen molar-refractivity contribution in [2.45, 2.75) is 28.0 Å². The number of methoxy groups -OCH3 is 1. The van der Waals surface area contributed by atoms with Crippen LogP contribution in [0.25, 0.3) is 10.8 Å². The molecular formula is C28H29N5O13S4. The Morgan fingerprint density at radius 2 is 1.36 bits per heavy atom. The molecule has 0 saturated carbocycles. The molecule has 0 unspecified atom stereocenters. The molecule has 4 aromatic rings. The zero-order chi connectivity index (χ0) is 37.1. The molecule has 4 rings (SSSR count). The minimum atomic E-state index is -4.98. The average Bonchev–Trinajstić information content (AvgIpc) is 3.02. The number of sulfone groups is 2. The van der Waals surface area contributed by atoms with Gasteiger partial charge in [0.25, 0.3) is 10.1 Å². The van der Waals surface area contributed by atoms with E-state index in [4.69, 9.17) is 15.0 Å². The second kappa shape index (κ2) is 14.7. The molecule has 18 nitrogen and oxygen atoms in total. The maximum Gasteiger partial charge on any atom is 0.397 e. The van der Waals surface area contributed by atoms with Crippen LogP contribution >= 0.6 is 0 Å². The third-order valence-electron chi connectivity index (χ3n) is 6.81. The van der Waals surface area contributed by atoms with Crippen molar-refractivity contribution in [2.24, 2.45) is 20.5 Å². The van der Waals surface area contributed by atoms with E-state index in [0.717, 1.165) is 18.2 Å². The van der Waals surface area contributed by atoms with Crippen LogP contribution in [0.15, 0.2) is 95.8 Å². The molecule has 0 aliphatic heterocycles. The van der Waals surface area contributed by atoms with Crippen LogP contribution in [0.3, 0.4) is 0 Å². The van der Waals surface area contributed by atoms with E-state index in [-0.39, 0.29) is 54.8 Å². The van der Waals surface area contributed by atoms with E-state index in [9.17, 15) is 43.3 Å².